The van der Waals surface area contributed by atoms with E-state index in [1.807, 2.05) is 6.07 Å². The highest BCUT2D eigenvalue weighted by Gasteiger charge is 2.02. The maximum Gasteiger partial charge on any atom is 0.0705 e. The van der Waals surface area contributed by atoms with Crippen LogP contribution in [0.15, 0.2) is 54.6 Å². The molecule has 1 heterocycles. The molecule has 0 unspecified atom stereocenters. The number of hydrogen-bond acceptors (Lipinski definition) is 1. The van der Waals surface area contributed by atoms with Crippen molar-refractivity contribution in [3.63, 3.8) is 0 Å². The van der Waals surface area contributed by atoms with E-state index < -0.39 is 0 Å². The summed E-state index contributed by atoms with van der Waals surface area (Å²) in [6.07, 6.45) is 5.32. The minimum Gasteiger partial charge on any atom is -0.253 e. The van der Waals surface area contributed by atoms with Crippen LogP contribution in [0.5, 0.6) is 0 Å². The number of rotatable bonds is 3. The van der Waals surface area contributed by atoms with Crippen LogP contribution in [0, 0.1) is 6.92 Å². The Kier molecular flexibility index (Phi) is 3.83. The molecule has 0 saturated carbocycles. The van der Waals surface area contributed by atoms with E-state index in [1.54, 1.807) is 0 Å². The number of nitrogens with zero attached hydrogens (tertiary/aromatic N) is 1. The van der Waals surface area contributed by atoms with Crippen molar-refractivity contribution < 1.29 is 0 Å². The molecule has 3 rings (SSSR count). The first-order valence-corrected chi connectivity index (χ1v) is 7.39. The Morgan fingerprint density at radius 3 is 2.43 bits per heavy atom. The summed E-state index contributed by atoms with van der Waals surface area (Å²) >= 11 is 0. The number of aromatic nitrogens is 1. The van der Waals surface area contributed by atoms with Gasteiger partial charge in [0, 0.05) is 11.1 Å². The van der Waals surface area contributed by atoms with Crippen LogP contribution < -0.4 is 0 Å². The van der Waals surface area contributed by atoms with Gasteiger partial charge in [0.15, 0.2) is 0 Å². The van der Waals surface area contributed by atoms with Gasteiger partial charge < -0.3 is 0 Å². The average Bonchev–Trinajstić information content (AvgIpc) is 2.53. The first-order valence-electron chi connectivity index (χ1n) is 7.39. The fourth-order valence-electron chi connectivity index (χ4n) is 2.55. The zero-order valence-corrected chi connectivity index (χ0v) is 12.5. The second-order valence-corrected chi connectivity index (χ2v) is 5.28. The molecule has 0 amide bonds. The van der Waals surface area contributed by atoms with Crippen LogP contribution in [-0.4, -0.2) is 4.98 Å². The van der Waals surface area contributed by atoms with E-state index in [4.69, 9.17) is 0 Å². The first kappa shape index (κ1) is 13.6. The predicted molar refractivity (Wildman–Crippen MR) is 91.2 cm³/mol. The largest absolute Gasteiger partial charge is 0.253 e. The van der Waals surface area contributed by atoms with Crippen molar-refractivity contribution in [3.8, 4) is 0 Å². The summed E-state index contributed by atoms with van der Waals surface area (Å²) in [6.45, 7) is 4.26. The fraction of sp³-hybridized carbons (Fsp3) is 0.150. The van der Waals surface area contributed by atoms with Crippen molar-refractivity contribution in [2.75, 3.05) is 0 Å². The maximum atomic E-state index is 4.68. The number of fused-ring (bicyclic) bond motifs is 1. The molecular formula is C20H19N. The molecule has 1 nitrogen and oxygen atoms in total. The maximum absolute atomic E-state index is 4.68. The summed E-state index contributed by atoms with van der Waals surface area (Å²) < 4.78 is 0. The molecule has 0 bridgehead atoms. The summed E-state index contributed by atoms with van der Waals surface area (Å²) in [4.78, 5) is 4.68. The van der Waals surface area contributed by atoms with E-state index in [-0.39, 0.29) is 0 Å². The first-order chi connectivity index (χ1) is 10.3. The number of aryl methyl sites for hydroxylation is 2. The topological polar surface area (TPSA) is 12.9 Å². The van der Waals surface area contributed by atoms with Crippen LogP contribution in [0.1, 0.15) is 29.3 Å². The van der Waals surface area contributed by atoms with Gasteiger partial charge in [-0.3, -0.25) is 4.98 Å². The SMILES string of the molecule is CCc1cc2cc(C=Cc3ccccc3)ccc2nc1C. The van der Waals surface area contributed by atoms with Gasteiger partial charge in [0.1, 0.15) is 0 Å². The monoisotopic (exact) mass is 273 g/mol. The molecule has 0 aliphatic rings. The van der Waals surface area contributed by atoms with E-state index in [2.05, 4.69) is 79.5 Å². The lowest BCUT2D eigenvalue weighted by molar-refractivity contribution is 1.07. The molecule has 3 aromatic rings. The summed E-state index contributed by atoms with van der Waals surface area (Å²) in [5.74, 6) is 0. The molecule has 0 atom stereocenters. The Bertz CT molecular complexity index is 786. The molecule has 2 aromatic carbocycles. The Hall–Kier alpha value is -2.41. The number of pyridine rings is 1. The Balaban J connectivity index is 1.97. The van der Waals surface area contributed by atoms with Gasteiger partial charge in [0.2, 0.25) is 0 Å². The third kappa shape index (κ3) is 3.03. The van der Waals surface area contributed by atoms with Gasteiger partial charge in [-0.1, -0.05) is 55.5 Å². The minimum absolute atomic E-state index is 1.03. The standard InChI is InChI=1S/C20H19N/c1-3-18-14-19-13-17(11-12-20(19)21-15(18)2)10-9-16-7-5-4-6-8-16/h4-14H,3H2,1-2H3. The van der Waals surface area contributed by atoms with Crippen LogP contribution in [0.25, 0.3) is 23.1 Å². The molecule has 0 aliphatic carbocycles. The highest BCUT2D eigenvalue weighted by Crippen LogP contribution is 2.20. The molecule has 1 heteroatoms. The van der Waals surface area contributed by atoms with Crippen LogP contribution in [0.3, 0.4) is 0 Å². The third-order valence-electron chi connectivity index (χ3n) is 3.78. The van der Waals surface area contributed by atoms with Gasteiger partial charge in [0.05, 0.1) is 5.52 Å². The summed E-state index contributed by atoms with van der Waals surface area (Å²) in [6, 6.07) is 19.1. The molecule has 0 saturated heterocycles. The quantitative estimate of drug-likeness (QED) is 0.592. The lowest BCUT2D eigenvalue weighted by Crippen LogP contribution is -1.92. The van der Waals surface area contributed by atoms with E-state index in [9.17, 15) is 0 Å². The second kappa shape index (κ2) is 5.92. The van der Waals surface area contributed by atoms with Gasteiger partial charge in [-0.25, -0.2) is 0 Å². The molecule has 0 spiro atoms. The normalized spacial score (nSPS) is 11.3. The molecule has 0 N–H and O–H groups in total. The molecule has 21 heavy (non-hydrogen) atoms. The fourth-order valence-corrected chi connectivity index (χ4v) is 2.55. The molecular weight excluding hydrogens is 254 g/mol. The summed E-state index contributed by atoms with van der Waals surface area (Å²) in [7, 11) is 0. The zero-order chi connectivity index (χ0) is 14.7. The van der Waals surface area contributed by atoms with Crippen molar-refractivity contribution in [1.29, 1.82) is 0 Å². The van der Waals surface area contributed by atoms with Gasteiger partial charge in [0.25, 0.3) is 0 Å². The zero-order valence-electron chi connectivity index (χ0n) is 12.5. The molecule has 104 valence electrons. The third-order valence-corrected chi connectivity index (χ3v) is 3.78. The smallest absolute Gasteiger partial charge is 0.0705 e. The highest BCUT2D eigenvalue weighted by molar-refractivity contribution is 5.84. The predicted octanol–water partition coefficient (Wildman–Crippen LogP) is 5.28. The lowest BCUT2D eigenvalue weighted by atomic mass is 10.0. The van der Waals surface area contributed by atoms with Gasteiger partial charge in [-0.05, 0) is 48.2 Å². The van der Waals surface area contributed by atoms with Gasteiger partial charge >= 0.3 is 0 Å². The number of hydrogen-bond donors (Lipinski definition) is 0. The minimum atomic E-state index is 1.03. The summed E-state index contributed by atoms with van der Waals surface area (Å²) in [5.41, 5.74) is 5.96. The number of benzene rings is 2. The molecule has 0 fully saturated rings. The lowest BCUT2D eigenvalue weighted by Gasteiger charge is -2.06. The Labute approximate surface area is 126 Å². The van der Waals surface area contributed by atoms with Crippen molar-refractivity contribution in [2.24, 2.45) is 0 Å². The van der Waals surface area contributed by atoms with E-state index in [1.165, 1.54) is 22.1 Å². The summed E-state index contributed by atoms with van der Waals surface area (Å²) in [5, 5.41) is 1.22. The van der Waals surface area contributed by atoms with Crippen LogP contribution >= 0.6 is 0 Å². The van der Waals surface area contributed by atoms with Crippen LogP contribution in [0.2, 0.25) is 0 Å². The molecule has 0 aliphatic heterocycles. The van der Waals surface area contributed by atoms with E-state index in [0.29, 0.717) is 0 Å². The van der Waals surface area contributed by atoms with Crippen molar-refractivity contribution in [3.05, 3.63) is 77.0 Å². The van der Waals surface area contributed by atoms with Crippen molar-refractivity contribution in [1.82, 2.24) is 4.98 Å². The van der Waals surface area contributed by atoms with E-state index in [0.717, 1.165) is 17.6 Å². The van der Waals surface area contributed by atoms with E-state index >= 15 is 0 Å². The van der Waals surface area contributed by atoms with Crippen molar-refractivity contribution >= 4 is 23.1 Å². The Morgan fingerprint density at radius 2 is 1.67 bits per heavy atom. The van der Waals surface area contributed by atoms with Gasteiger partial charge in [-0.15, -0.1) is 0 Å². The van der Waals surface area contributed by atoms with Crippen molar-refractivity contribution in [2.45, 2.75) is 20.3 Å². The highest BCUT2D eigenvalue weighted by atomic mass is 14.7. The Morgan fingerprint density at radius 1 is 0.905 bits per heavy atom. The molecule has 0 radical (unpaired) electrons. The van der Waals surface area contributed by atoms with Crippen LogP contribution in [-0.2, 0) is 6.42 Å². The van der Waals surface area contributed by atoms with Gasteiger partial charge in [-0.2, -0.15) is 0 Å². The average molecular weight is 273 g/mol. The molecule has 1 aromatic heterocycles. The second-order valence-electron chi connectivity index (χ2n) is 5.28. The van der Waals surface area contributed by atoms with Crippen LogP contribution in [0.4, 0.5) is 0 Å².